The molecule has 2 aromatic carbocycles. The number of anilines is 2. The Morgan fingerprint density at radius 1 is 1.22 bits per heavy atom. The van der Waals surface area contributed by atoms with Crippen LogP contribution in [0, 0.1) is 0 Å². The van der Waals surface area contributed by atoms with Crippen LogP contribution in [0.5, 0.6) is 0 Å². The van der Waals surface area contributed by atoms with Crippen LogP contribution in [0.3, 0.4) is 0 Å². The Morgan fingerprint density at radius 3 is 2.52 bits per heavy atom. The molecule has 5 heteroatoms. The van der Waals surface area contributed by atoms with E-state index in [9.17, 15) is 4.79 Å². The summed E-state index contributed by atoms with van der Waals surface area (Å²) in [7, 11) is 1.78. The van der Waals surface area contributed by atoms with E-state index < -0.39 is 0 Å². The van der Waals surface area contributed by atoms with Crippen molar-refractivity contribution >= 4 is 40.6 Å². The minimum absolute atomic E-state index is 0.0181. The fourth-order valence-electron chi connectivity index (χ4n) is 2.13. The maximum Gasteiger partial charge on any atom is 0.223 e. The Kier molecular flexibility index (Phi) is 6.37. The zero-order valence-corrected chi connectivity index (χ0v) is 15.2. The number of thioether (sulfide) groups is 1. The van der Waals surface area contributed by atoms with Gasteiger partial charge >= 0.3 is 0 Å². The van der Waals surface area contributed by atoms with Gasteiger partial charge in [0.2, 0.25) is 5.91 Å². The Balaban J connectivity index is 2.20. The number of carbonyl (C=O) groups is 1. The molecule has 0 bridgehead atoms. The van der Waals surface area contributed by atoms with Crippen LogP contribution in [0.2, 0.25) is 5.02 Å². The molecule has 1 amide bonds. The number of nitrogens with zero attached hydrogens (tertiary/aromatic N) is 1. The lowest BCUT2D eigenvalue weighted by Gasteiger charge is -2.19. The zero-order chi connectivity index (χ0) is 16.8. The molecule has 0 saturated heterocycles. The van der Waals surface area contributed by atoms with Gasteiger partial charge in [0.25, 0.3) is 0 Å². The first-order valence-electron chi connectivity index (χ1n) is 7.50. The van der Waals surface area contributed by atoms with Gasteiger partial charge in [0.1, 0.15) is 0 Å². The highest BCUT2D eigenvalue weighted by atomic mass is 35.5. The third-order valence-electron chi connectivity index (χ3n) is 3.52. The van der Waals surface area contributed by atoms with Gasteiger partial charge in [-0.3, -0.25) is 4.79 Å². The molecule has 23 heavy (non-hydrogen) atoms. The molecule has 0 radical (unpaired) electrons. The minimum atomic E-state index is 0.0181. The first-order valence-corrected chi connectivity index (χ1v) is 8.87. The summed E-state index contributed by atoms with van der Waals surface area (Å²) in [5.74, 6) is 1.02. The van der Waals surface area contributed by atoms with Crippen molar-refractivity contribution in [1.29, 1.82) is 0 Å². The van der Waals surface area contributed by atoms with E-state index in [4.69, 9.17) is 11.6 Å². The van der Waals surface area contributed by atoms with E-state index in [1.165, 1.54) is 4.90 Å². The van der Waals surface area contributed by atoms with Crippen LogP contribution < -0.4 is 10.2 Å². The van der Waals surface area contributed by atoms with Gasteiger partial charge in [-0.25, -0.2) is 0 Å². The van der Waals surface area contributed by atoms with Gasteiger partial charge in [-0.15, -0.1) is 11.8 Å². The molecule has 0 atom stereocenters. The van der Waals surface area contributed by atoms with Gasteiger partial charge < -0.3 is 10.2 Å². The molecular formula is C18H21ClN2OS. The second-order valence-electron chi connectivity index (χ2n) is 5.17. The molecule has 122 valence electrons. The van der Waals surface area contributed by atoms with Crippen LogP contribution in [-0.2, 0) is 11.3 Å². The smallest absolute Gasteiger partial charge is 0.223 e. The molecular weight excluding hydrogens is 328 g/mol. The summed E-state index contributed by atoms with van der Waals surface area (Å²) in [5, 5.41) is 4.20. The molecule has 0 fully saturated rings. The molecule has 0 saturated carbocycles. The van der Waals surface area contributed by atoms with Gasteiger partial charge in [-0.1, -0.05) is 30.7 Å². The SMILES string of the molecule is CCSc1ccc(N(C)C(C)=O)cc1NCc1ccc(Cl)cc1. The normalized spacial score (nSPS) is 10.4. The van der Waals surface area contributed by atoms with Gasteiger partial charge in [-0.2, -0.15) is 0 Å². The Hall–Kier alpha value is -1.65. The van der Waals surface area contributed by atoms with E-state index in [1.54, 1.807) is 30.6 Å². The number of hydrogen-bond acceptors (Lipinski definition) is 3. The highest BCUT2D eigenvalue weighted by molar-refractivity contribution is 7.99. The minimum Gasteiger partial charge on any atom is -0.380 e. The number of benzene rings is 2. The predicted octanol–water partition coefficient (Wildman–Crippen LogP) is 5.05. The lowest BCUT2D eigenvalue weighted by molar-refractivity contribution is -0.116. The van der Waals surface area contributed by atoms with Crippen LogP contribution in [0.25, 0.3) is 0 Å². The number of hydrogen-bond donors (Lipinski definition) is 1. The van der Waals surface area contributed by atoms with E-state index in [-0.39, 0.29) is 5.91 Å². The van der Waals surface area contributed by atoms with Crippen LogP contribution in [0.4, 0.5) is 11.4 Å². The summed E-state index contributed by atoms with van der Waals surface area (Å²) in [4.78, 5) is 14.4. The first kappa shape index (κ1) is 17.7. The molecule has 0 aliphatic heterocycles. The van der Waals surface area contributed by atoms with Crippen molar-refractivity contribution in [2.24, 2.45) is 0 Å². The molecule has 0 spiro atoms. The van der Waals surface area contributed by atoms with Crippen molar-refractivity contribution in [2.45, 2.75) is 25.3 Å². The number of halogens is 1. The third-order valence-corrected chi connectivity index (χ3v) is 4.73. The van der Waals surface area contributed by atoms with Crippen molar-refractivity contribution in [3.8, 4) is 0 Å². The van der Waals surface area contributed by atoms with Gasteiger partial charge in [0.05, 0.1) is 5.69 Å². The van der Waals surface area contributed by atoms with Gasteiger partial charge in [0, 0.05) is 36.1 Å². The van der Waals surface area contributed by atoms with Crippen molar-refractivity contribution in [3.63, 3.8) is 0 Å². The standard InChI is InChI=1S/C18H21ClN2OS/c1-4-23-18-10-9-16(21(3)13(2)22)11-17(18)20-12-14-5-7-15(19)8-6-14/h5-11,20H,4,12H2,1-3H3. The van der Waals surface area contributed by atoms with Crippen LogP contribution in [0.15, 0.2) is 47.4 Å². The van der Waals surface area contributed by atoms with Crippen molar-refractivity contribution < 1.29 is 4.79 Å². The summed E-state index contributed by atoms with van der Waals surface area (Å²) in [6, 6.07) is 13.9. The fraction of sp³-hybridized carbons (Fsp3) is 0.278. The van der Waals surface area contributed by atoms with E-state index >= 15 is 0 Å². The average Bonchev–Trinajstić information content (AvgIpc) is 2.55. The average molecular weight is 349 g/mol. The van der Waals surface area contributed by atoms with E-state index in [1.807, 2.05) is 36.4 Å². The van der Waals surface area contributed by atoms with Crippen molar-refractivity contribution in [1.82, 2.24) is 0 Å². The summed E-state index contributed by atoms with van der Waals surface area (Å²) in [6.07, 6.45) is 0. The highest BCUT2D eigenvalue weighted by Gasteiger charge is 2.09. The molecule has 3 nitrogen and oxygen atoms in total. The predicted molar refractivity (Wildman–Crippen MR) is 101 cm³/mol. The van der Waals surface area contributed by atoms with E-state index in [0.717, 1.165) is 27.7 Å². The Morgan fingerprint density at radius 2 is 1.91 bits per heavy atom. The molecule has 0 aliphatic carbocycles. The number of amides is 1. The second-order valence-corrected chi connectivity index (χ2v) is 6.91. The fourth-order valence-corrected chi connectivity index (χ4v) is 3.02. The molecule has 0 unspecified atom stereocenters. The Bertz CT molecular complexity index is 673. The molecule has 0 heterocycles. The Labute approximate surface area is 147 Å². The molecule has 2 rings (SSSR count). The highest BCUT2D eigenvalue weighted by Crippen LogP contribution is 2.31. The van der Waals surface area contributed by atoms with Gasteiger partial charge in [0.15, 0.2) is 0 Å². The van der Waals surface area contributed by atoms with Crippen molar-refractivity contribution in [2.75, 3.05) is 23.0 Å². The third kappa shape index (κ3) is 4.91. The van der Waals surface area contributed by atoms with Crippen molar-refractivity contribution in [3.05, 3.63) is 53.1 Å². The largest absolute Gasteiger partial charge is 0.380 e. The lowest BCUT2D eigenvalue weighted by atomic mass is 10.2. The number of carbonyl (C=O) groups excluding carboxylic acids is 1. The lowest BCUT2D eigenvalue weighted by Crippen LogP contribution is -2.22. The molecule has 2 aromatic rings. The second kappa shape index (κ2) is 8.27. The van der Waals surface area contributed by atoms with Crippen LogP contribution in [-0.4, -0.2) is 18.7 Å². The monoisotopic (exact) mass is 348 g/mol. The number of nitrogens with one attached hydrogen (secondary N) is 1. The van der Waals surface area contributed by atoms with Crippen LogP contribution in [0.1, 0.15) is 19.4 Å². The molecule has 0 aromatic heterocycles. The van der Waals surface area contributed by atoms with Gasteiger partial charge in [-0.05, 0) is 41.6 Å². The first-order chi connectivity index (χ1) is 11.0. The molecule has 0 aliphatic rings. The summed E-state index contributed by atoms with van der Waals surface area (Å²) in [5.41, 5.74) is 3.08. The summed E-state index contributed by atoms with van der Waals surface area (Å²) < 4.78 is 0. The zero-order valence-electron chi connectivity index (χ0n) is 13.6. The quantitative estimate of drug-likeness (QED) is 0.741. The van der Waals surface area contributed by atoms with E-state index in [0.29, 0.717) is 6.54 Å². The van der Waals surface area contributed by atoms with Crippen LogP contribution >= 0.6 is 23.4 Å². The maximum absolute atomic E-state index is 11.6. The maximum atomic E-state index is 11.6. The number of rotatable bonds is 6. The topological polar surface area (TPSA) is 32.3 Å². The summed E-state index contributed by atoms with van der Waals surface area (Å²) >= 11 is 7.70. The molecule has 1 N–H and O–H groups in total. The summed E-state index contributed by atoms with van der Waals surface area (Å²) in [6.45, 7) is 4.40. The van der Waals surface area contributed by atoms with E-state index in [2.05, 4.69) is 18.3 Å².